The van der Waals surface area contributed by atoms with Gasteiger partial charge in [0.15, 0.2) is 0 Å². The maximum atomic E-state index is 12.7. The molecule has 1 N–H and O–H groups in total. The highest BCUT2D eigenvalue weighted by molar-refractivity contribution is 7.98. The van der Waals surface area contributed by atoms with Crippen molar-refractivity contribution in [2.24, 2.45) is 0 Å². The number of nitrogens with one attached hydrogen (secondary N) is 1. The van der Waals surface area contributed by atoms with Gasteiger partial charge in [-0.15, -0.1) is 23.1 Å². The molecule has 0 radical (unpaired) electrons. The highest BCUT2D eigenvalue weighted by Crippen LogP contribution is 2.29. The smallest absolute Gasteiger partial charge is 0.265 e. The van der Waals surface area contributed by atoms with Crippen LogP contribution in [0.4, 0.5) is 0 Å². The molecule has 1 aliphatic heterocycles. The molecule has 1 fully saturated rings. The molecule has 118 valence electrons. The van der Waals surface area contributed by atoms with Crippen LogP contribution in [0.3, 0.4) is 0 Å². The van der Waals surface area contributed by atoms with E-state index in [-0.39, 0.29) is 11.9 Å². The van der Waals surface area contributed by atoms with Gasteiger partial charge in [-0.25, -0.2) is 13.1 Å². The summed E-state index contributed by atoms with van der Waals surface area (Å²) in [4.78, 5) is 16.3. The fourth-order valence-corrected chi connectivity index (χ4v) is 4.67. The summed E-state index contributed by atoms with van der Waals surface area (Å²) in [6.07, 6.45) is 5.94. The Morgan fingerprint density at radius 3 is 2.95 bits per heavy atom. The minimum absolute atomic E-state index is 0.0225. The molecule has 21 heavy (non-hydrogen) atoms. The summed E-state index contributed by atoms with van der Waals surface area (Å²) in [6.45, 7) is 0.991. The first-order chi connectivity index (χ1) is 9.92. The summed E-state index contributed by atoms with van der Waals surface area (Å²) < 4.78 is 25.1. The lowest BCUT2D eigenvalue weighted by Gasteiger charge is -2.35. The van der Waals surface area contributed by atoms with Gasteiger partial charge in [-0.2, -0.15) is 0 Å². The van der Waals surface area contributed by atoms with Crippen molar-refractivity contribution in [3.05, 3.63) is 16.3 Å². The predicted octanol–water partition coefficient (Wildman–Crippen LogP) is 2.01. The Hall–Kier alpha value is -0.570. The summed E-state index contributed by atoms with van der Waals surface area (Å²) >= 11 is 3.02. The van der Waals surface area contributed by atoms with Gasteiger partial charge in [0.05, 0.1) is 6.26 Å². The monoisotopic (exact) mass is 348 g/mol. The van der Waals surface area contributed by atoms with Crippen LogP contribution in [0.15, 0.2) is 16.3 Å². The highest BCUT2D eigenvalue weighted by atomic mass is 32.2. The van der Waals surface area contributed by atoms with E-state index in [4.69, 9.17) is 0 Å². The van der Waals surface area contributed by atoms with E-state index in [0.717, 1.165) is 35.3 Å². The van der Waals surface area contributed by atoms with E-state index in [9.17, 15) is 13.2 Å². The summed E-state index contributed by atoms with van der Waals surface area (Å²) in [5.41, 5.74) is 0. The highest BCUT2D eigenvalue weighted by Gasteiger charge is 2.29. The van der Waals surface area contributed by atoms with Crippen molar-refractivity contribution in [1.82, 2.24) is 9.62 Å². The normalized spacial score (nSPS) is 19.7. The standard InChI is InChI=1S/C13H20N2O3S3/c1-19-11-6-8-20-12(11)13(16)15-7-4-3-5-10(15)9-14-21(2,17)18/h6,8,10,14H,3-5,7,9H2,1-2H3/t10-/m1/s1. The molecule has 2 rings (SSSR count). The molecule has 0 saturated carbocycles. The molecular weight excluding hydrogens is 328 g/mol. The maximum absolute atomic E-state index is 12.7. The Morgan fingerprint density at radius 2 is 2.29 bits per heavy atom. The van der Waals surface area contributed by atoms with E-state index in [2.05, 4.69) is 4.72 Å². The Morgan fingerprint density at radius 1 is 1.52 bits per heavy atom. The van der Waals surface area contributed by atoms with Crippen molar-refractivity contribution in [3.63, 3.8) is 0 Å². The van der Waals surface area contributed by atoms with Crippen LogP contribution in [0.1, 0.15) is 28.9 Å². The molecule has 1 amide bonds. The molecule has 1 aromatic rings. The number of carbonyl (C=O) groups excluding carboxylic acids is 1. The number of thioether (sulfide) groups is 1. The minimum Gasteiger partial charge on any atom is -0.334 e. The Balaban J connectivity index is 2.12. The fraction of sp³-hybridized carbons (Fsp3) is 0.615. The van der Waals surface area contributed by atoms with Crippen LogP contribution in [0.5, 0.6) is 0 Å². The van der Waals surface area contributed by atoms with Gasteiger partial charge in [0.2, 0.25) is 10.0 Å². The molecule has 5 nitrogen and oxygen atoms in total. The molecular formula is C13H20N2O3S3. The van der Waals surface area contributed by atoms with Crippen molar-refractivity contribution < 1.29 is 13.2 Å². The Bertz CT molecular complexity index is 598. The lowest BCUT2D eigenvalue weighted by molar-refractivity contribution is 0.0620. The third kappa shape index (κ3) is 4.45. The molecule has 1 aromatic heterocycles. The second kappa shape index (κ2) is 7.13. The first kappa shape index (κ1) is 16.8. The quantitative estimate of drug-likeness (QED) is 0.827. The number of carbonyl (C=O) groups is 1. The molecule has 8 heteroatoms. The van der Waals surface area contributed by atoms with Gasteiger partial charge >= 0.3 is 0 Å². The van der Waals surface area contributed by atoms with E-state index in [1.165, 1.54) is 11.3 Å². The zero-order chi connectivity index (χ0) is 15.5. The van der Waals surface area contributed by atoms with Gasteiger partial charge in [0, 0.05) is 24.0 Å². The SMILES string of the molecule is CSc1ccsc1C(=O)N1CCCC[C@@H]1CNS(C)(=O)=O. The number of hydrogen-bond donors (Lipinski definition) is 1. The zero-order valence-electron chi connectivity index (χ0n) is 12.2. The third-order valence-corrected chi connectivity index (χ3v) is 6.02. The molecule has 0 unspecified atom stereocenters. The first-order valence-corrected chi connectivity index (χ1v) is 10.8. The number of thiophene rings is 1. The second-order valence-corrected chi connectivity index (χ2v) is 8.68. The molecule has 1 saturated heterocycles. The number of hydrogen-bond acceptors (Lipinski definition) is 5. The molecule has 0 bridgehead atoms. The molecule has 0 aliphatic carbocycles. The number of piperidine rings is 1. The van der Waals surface area contributed by atoms with E-state index < -0.39 is 10.0 Å². The summed E-state index contributed by atoms with van der Waals surface area (Å²) in [6, 6.07) is 1.90. The zero-order valence-corrected chi connectivity index (χ0v) is 14.6. The summed E-state index contributed by atoms with van der Waals surface area (Å²) in [5.74, 6) is 0.0225. The predicted molar refractivity (Wildman–Crippen MR) is 87.6 cm³/mol. The molecule has 2 heterocycles. The number of amides is 1. The maximum Gasteiger partial charge on any atom is 0.265 e. The second-order valence-electron chi connectivity index (χ2n) is 5.09. The average molecular weight is 349 g/mol. The largest absolute Gasteiger partial charge is 0.334 e. The van der Waals surface area contributed by atoms with Crippen LogP contribution in [0.2, 0.25) is 0 Å². The van der Waals surface area contributed by atoms with Crippen LogP contribution >= 0.6 is 23.1 Å². The summed E-state index contributed by atoms with van der Waals surface area (Å²) in [5, 5.41) is 1.92. The van der Waals surface area contributed by atoms with Crippen molar-refractivity contribution in [1.29, 1.82) is 0 Å². The first-order valence-electron chi connectivity index (χ1n) is 6.79. The number of rotatable bonds is 5. The topological polar surface area (TPSA) is 66.5 Å². The third-order valence-electron chi connectivity index (χ3n) is 3.51. The van der Waals surface area contributed by atoms with Crippen LogP contribution in [-0.2, 0) is 10.0 Å². The van der Waals surface area contributed by atoms with Crippen molar-refractivity contribution in [3.8, 4) is 0 Å². The van der Waals surface area contributed by atoms with Gasteiger partial charge in [-0.1, -0.05) is 0 Å². The number of nitrogens with zero attached hydrogens (tertiary/aromatic N) is 1. The number of likely N-dealkylation sites (tertiary alicyclic amines) is 1. The van der Waals surface area contributed by atoms with Gasteiger partial charge < -0.3 is 4.90 Å². The minimum atomic E-state index is -3.23. The number of sulfonamides is 1. The molecule has 1 atom stereocenters. The van der Waals surface area contributed by atoms with Gasteiger partial charge in [0.25, 0.3) is 5.91 Å². The van der Waals surface area contributed by atoms with E-state index in [1.54, 1.807) is 11.8 Å². The van der Waals surface area contributed by atoms with E-state index in [0.29, 0.717) is 13.1 Å². The van der Waals surface area contributed by atoms with E-state index in [1.807, 2.05) is 22.6 Å². The van der Waals surface area contributed by atoms with Crippen LogP contribution in [-0.4, -0.2) is 50.9 Å². The van der Waals surface area contributed by atoms with Gasteiger partial charge in [0.1, 0.15) is 4.88 Å². The Kier molecular flexibility index (Phi) is 5.70. The van der Waals surface area contributed by atoms with Crippen molar-refractivity contribution >= 4 is 39.0 Å². The van der Waals surface area contributed by atoms with Crippen molar-refractivity contribution in [2.45, 2.75) is 30.2 Å². The summed E-state index contributed by atoms with van der Waals surface area (Å²) in [7, 11) is -3.23. The Labute approximate surface area is 134 Å². The van der Waals surface area contributed by atoms with Crippen LogP contribution in [0, 0.1) is 0 Å². The van der Waals surface area contributed by atoms with Gasteiger partial charge in [-0.3, -0.25) is 4.79 Å². The van der Waals surface area contributed by atoms with E-state index >= 15 is 0 Å². The lowest BCUT2D eigenvalue weighted by Crippen LogP contribution is -2.49. The van der Waals surface area contributed by atoms with Crippen LogP contribution < -0.4 is 4.72 Å². The average Bonchev–Trinajstić information content (AvgIpc) is 2.92. The van der Waals surface area contributed by atoms with Crippen LogP contribution in [0.25, 0.3) is 0 Å². The molecule has 0 aromatic carbocycles. The van der Waals surface area contributed by atoms with Crippen molar-refractivity contribution in [2.75, 3.05) is 25.6 Å². The van der Waals surface area contributed by atoms with Gasteiger partial charge in [-0.05, 0) is 37.0 Å². The fourth-order valence-electron chi connectivity index (χ4n) is 2.47. The lowest BCUT2D eigenvalue weighted by atomic mass is 10.0. The molecule has 0 spiro atoms. The molecule has 1 aliphatic rings.